The first-order valence-electron chi connectivity index (χ1n) is 10.00. The number of methoxy groups -OCH3 is 1. The van der Waals surface area contributed by atoms with Gasteiger partial charge in [-0.25, -0.2) is 4.98 Å². The molecule has 2 heterocycles. The number of ether oxygens (including phenoxy) is 2. The van der Waals surface area contributed by atoms with Gasteiger partial charge >= 0.3 is 0 Å². The molecule has 0 amide bonds. The molecule has 0 unspecified atom stereocenters. The van der Waals surface area contributed by atoms with Gasteiger partial charge in [0, 0.05) is 55.6 Å². The largest absolute Gasteiger partial charge is 0.493 e. The van der Waals surface area contributed by atoms with Crippen LogP contribution in [0.25, 0.3) is 0 Å². The number of likely N-dealkylation sites (tertiary alicyclic amines) is 1. The van der Waals surface area contributed by atoms with Crippen molar-refractivity contribution in [3.8, 4) is 11.5 Å². The third kappa shape index (κ3) is 4.14. The molecule has 7 nitrogen and oxygen atoms in total. The topological polar surface area (TPSA) is 71.5 Å². The van der Waals surface area contributed by atoms with Crippen LogP contribution in [0, 0.1) is 12.8 Å². The van der Waals surface area contributed by atoms with Crippen LogP contribution in [0.2, 0.25) is 0 Å². The van der Waals surface area contributed by atoms with Crippen LogP contribution in [-0.2, 0) is 0 Å². The summed E-state index contributed by atoms with van der Waals surface area (Å²) < 4.78 is 11.6. The molecule has 0 spiro atoms. The first kappa shape index (κ1) is 18.8. The van der Waals surface area contributed by atoms with E-state index < -0.39 is 0 Å². The number of nitrogens with zero attached hydrogens (tertiary/aromatic N) is 3. The molecular formula is C21H29N5O2. The Morgan fingerprint density at radius 2 is 1.96 bits per heavy atom. The minimum absolute atomic E-state index is 0.551. The molecule has 1 aliphatic carbocycles. The fourth-order valence-corrected chi connectivity index (χ4v) is 3.72. The molecule has 2 aromatic rings. The number of hydrogen-bond acceptors (Lipinski definition) is 7. The second-order valence-electron chi connectivity index (χ2n) is 7.67. The Labute approximate surface area is 166 Å². The highest BCUT2D eigenvalue weighted by Gasteiger charge is 2.35. The van der Waals surface area contributed by atoms with Crippen molar-refractivity contribution in [2.75, 3.05) is 44.5 Å². The summed E-state index contributed by atoms with van der Waals surface area (Å²) in [6.07, 6.45) is 4.12. The summed E-state index contributed by atoms with van der Waals surface area (Å²) in [7, 11) is 3.51. The van der Waals surface area contributed by atoms with Gasteiger partial charge < -0.3 is 20.1 Å². The second kappa shape index (κ2) is 8.22. The van der Waals surface area contributed by atoms with Crippen LogP contribution >= 0.6 is 0 Å². The fourth-order valence-electron chi connectivity index (χ4n) is 3.72. The Bertz CT molecular complexity index is 818. The number of nitrogens with one attached hydrogen (secondary N) is 2. The first-order chi connectivity index (χ1) is 13.6. The third-order valence-corrected chi connectivity index (χ3v) is 5.58. The van der Waals surface area contributed by atoms with Crippen molar-refractivity contribution < 1.29 is 9.47 Å². The van der Waals surface area contributed by atoms with Crippen molar-refractivity contribution in [3.63, 3.8) is 0 Å². The Morgan fingerprint density at radius 1 is 1.14 bits per heavy atom. The van der Waals surface area contributed by atoms with Crippen molar-refractivity contribution in [1.29, 1.82) is 0 Å². The van der Waals surface area contributed by atoms with Gasteiger partial charge in [0.2, 0.25) is 5.95 Å². The number of aryl methyl sites for hydroxylation is 1. The lowest BCUT2D eigenvalue weighted by molar-refractivity contribution is -0.00275. The standard InChI is InChI=1S/C21H29N5O2/c1-14-9-20(22-2)25-21(23-14)24-16-7-8-18(27-3)19(10-16)28-13-15-11-26(12-15)17-5-4-6-17/h7-10,15,17H,4-6,11-13H2,1-3H3,(H2,22,23,24,25). The molecule has 1 saturated carbocycles. The lowest BCUT2D eigenvalue weighted by Gasteiger charge is -2.47. The molecule has 2 fully saturated rings. The molecule has 1 aromatic heterocycles. The maximum absolute atomic E-state index is 6.11. The Morgan fingerprint density at radius 3 is 2.64 bits per heavy atom. The van der Waals surface area contributed by atoms with Crippen LogP contribution in [0.5, 0.6) is 11.5 Å². The van der Waals surface area contributed by atoms with Gasteiger partial charge in [-0.3, -0.25) is 4.90 Å². The van der Waals surface area contributed by atoms with Gasteiger partial charge in [0.15, 0.2) is 11.5 Å². The molecule has 150 valence electrons. The summed E-state index contributed by atoms with van der Waals surface area (Å²) >= 11 is 0. The molecule has 2 aliphatic rings. The monoisotopic (exact) mass is 383 g/mol. The summed E-state index contributed by atoms with van der Waals surface area (Å²) in [6, 6.07) is 8.53. The third-order valence-electron chi connectivity index (χ3n) is 5.58. The highest BCUT2D eigenvalue weighted by molar-refractivity contribution is 5.60. The highest BCUT2D eigenvalue weighted by atomic mass is 16.5. The zero-order valence-electron chi connectivity index (χ0n) is 16.9. The van der Waals surface area contributed by atoms with Crippen molar-refractivity contribution in [3.05, 3.63) is 30.0 Å². The van der Waals surface area contributed by atoms with E-state index in [0.717, 1.165) is 47.8 Å². The number of aromatic nitrogens is 2. The van der Waals surface area contributed by atoms with Gasteiger partial charge in [0.1, 0.15) is 5.82 Å². The maximum Gasteiger partial charge on any atom is 0.229 e. The van der Waals surface area contributed by atoms with Crippen LogP contribution in [0.1, 0.15) is 25.0 Å². The fraction of sp³-hybridized carbons (Fsp3) is 0.524. The second-order valence-corrected chi connectivity index (χ2v) is 7.67. The Kier molecular flexibility index (Phi) is 5.52. The van der Waals surface area contributed by atoms with Crippen LogP contribution < -0.4 is 20.1 Å². The van der Waals surface area contributed by atoms with Gasteiger partial charge in [-0.1, -0.05) is 6.42 Å². The number of benzene rings is 1. The van der Waals surface area contributed by atoms with Gasteiger partial charge in [0.25, 0.3) is 0 Å². The maximum atomic E-state index is 6.11. The summed E-state index contributed by atoms with van der Waals surface area (Å²) in [5, 5.41) is 6.31. The zero-order valence-corrected chi connectivity index (χ0v) is 16.9. The van der Waals surface area contributed by atoms with E-state index >= 15 is 0 Å². The molecule has 4 rings (SSSR count). The summed E-state index contributed by atoms with van der Waals surface area (Å²) in [5.41, 5.74) is 1.76. The van der Waals surface area contributed by atoms with Crippen LogP contribution in [-0.4, -0.2) is 54.8 Å². The molecule has 1 aromatic carbocycles. The van der Waals surface area contributed by atoms with E-state index in [-0.39, 0.29) is 0 Å². The normalized spacial score (nSPS) is 17.5. The van der Waals surface area contributed by atoms with Gasteiger partial charge in [-0.2, -0.15) is 4.98 Å². The SMILES string of the molecule is CNc1cc(C)nc(Nc2ccc(OC)c(OCC3CN(C4CCC4)C3)c2)n1. The van der Waals surface area contributed by atoms with E-state index in [2.05, 4.69) is 25.5 Å². The predicted molar refractivity (Wildman–Crippen MR) is 111 cm³/mol. The minimum atomic E-state index is 0.551. The van der Waals surface area contributed by atoms with Gasteiger partial charge in [0.05, 0.1) is 13.7 Å². The minimum Gasteiger partial charge on any atom is -0.493 e. The lowest BCUT2D eigenvalue weighted by atomic mass is 9.86. The number of rotatable bonds is 8. The number of hydrogen-bond donors (Lipinski definition) is 2. The highest BCUT2D eigenvalue weighted by Crippen LogP contribution is 2.34. The van der Waals surface area contributed by atoms with E-state index in [0.29, 0.717) is 18.5 Å². The van der Waals surface area contributed by atoms with Gasteiger partial charge in [-0.05, 0) is 31.9 Å². The summed E-state index contributed by atoms with van der Waals surface area (Å²) in [5.74, 6) is 3.41. The van der Waals surface area contributed by atoms with Gasteiger partial charge in [-0.15, -0.1) is 0 Å². The van der Waals surface area contributed by atoms with E-state index in [1.54, 1.807) is 7.11 Å². The van der Waals surface area contributed by atoms with Crippen LogP contribution in [0.3, 0.4) is 0 Å². The molecule has 1 saturated heterocycles. The van der Waals surface area contributed by atoms with Crippen LogP contribution in [0.15, 0.2) is 24.3 Å². The molecule has 7 heteroatoms. The predicted octanol–water partition coefficient (Wildman–Crippen LogP) is 3.44. The molecule has 0 bridgehead atoms. The average molecular weight is 383 g/mol. The summed E-state index contributed by atoms with van der Waals surface area (Å²) in [4.78, 5) is 11.5. The molecule has 1 aliphatic heterocycles. The van der Waals surface area contributed by atoms with E-state index in [9.17, 15) is 0 Å². The molecule has 2 N–H and O–H groups in total. The first-order valence-corrected chi connectivity index (χ1v) is 10.00. The Balaban J connectivity index is 1.39. The quantitative estimate of drug-likeness (QED) is 0.723. The zero-order chi connectivity index (χ0) is 19.5. The average Bonchev–Trinajstić information content (AvgIpc) is 2.61. The van der Waals surface area contributed by atoms with Crippen molar-refractivity contribution in [2.45, 2.75) is 32.2 Å². The smallest absolute Gasteiger partial charge is 0.229 e. The molecule has 0 radical (unpaired) electrons. The summed E-state index contributed by atoms with van der Waals surface area (Å²) in [6.45, 7) is 4.96. The molecule has 0 atom stereocenters. The molecular weight excluding hydrogens is 354 g/mol. The Hall–Kier alpha value is -2.54. The van der Waals surface area contributed by atoms with Crippen LogP contribution in [0.4, 0.5) is 17.5 Å². The van der Waals surface area contributed by atoms with Crippen molar-refractivity contribution >= 4 is 17.5 Å². The van der Waals surface area contributed by atoms with E-state index in [1.807, 2.05) is 38.2 Å². The molecule has 28 heavy (non-hydrogen) atoms. The lowest BCUT2D eigenvalue weighted by Crippen LogP contribution is -2.55. The number of anilines is 3. The van der Waals surface area contributed by atoms with E-state index in [4.69, 9.17) is 9.47 Å². The van der Waals surface area contributed by atoms with Crippen molar-refractivity contribution in [1.82, 2.24) is 14.9 Å². The van der Waals surface area contributed by atoms with E-state index in [1.165, 1.54) is 19.3 Å². The van der Waals surface area contributed by atoms with Crippen molar-refractivity contribution in [2.24, 2.45) is 5.92 Å².